The van der Waals surface area contributed by atoms with Gasteiger partial charge in [0.25, 0.3) is 0 Å². The predicted octanol–water partition coefficient (Wildman–Crippen LogP) is 4.14. The summed E-state index contributed by atoms with van der Waals surface area (Å²) in [5.41, 5.74) is 2.78. The van der Waals surface area contributed by atoms with E-state index in [-0.39, 0.29) is 18.1 Å². The molecule has 0 spiro atoms. The Kier molecular flexibility index (Phi) is 5.82. The van der Waals surface area contributed by atoms with Crippen molar-refractivity contribution in [1.29, 1.82) is 0 Å². The fraction of sp³-hybridized carbons (Fsp3) is 0.600. The molecule has 1 amide bonds. The van der Waals surface area contributed by atoms with Crippen LogP contribution in [0.2, 0.25) is 0 Å². The van der Waals surface area contributed by atoms with Crippen molar-refractivity contribution in [3.8, 4) is 0 Å². The minimum absolute atomic E-state index is 0.225. The molecule has 7 heteroatoms. The summed E-state index contributed by atoms with van der Waals surface area (Å²) in [6, 6.07) is 3.92. The number of hydrogen-bond donors (Lipinski definition) is 0. The molecule has 2 unspecified atom stereocenters. The lowest BCUT2D eigenvalue weighted by Crippen LogP contribution is -2.37. The lowest BCUT2D eigenvalue weighted by molar-refractivity contribution is -0.145. The Morgan fingerprint density at radius 3 is 2.70 bits per heavy atom. The highest BCUT2D eigenvalue weighted by molar-refractivity contribution is 9.10. The van der Waals surface area contributed by atoms with E-state index < -0.39 is 11.7 Å². The highest BCUT2D eigenvalue weighted by atomic mass is 79.9. The Balaban J connectivity index is 1.96. The van der Waals surface area contributed by atoms with Crippen LogP contribution in [0.1, 0.15) is 56.8 Å². The van der Waals surface area contributed by atoms with Crippen molar-refractivity contribution in [3.05, 3.63) is 33.3 Å². The second-order valence-electron chi connectivity index (χ2n) is 8.05. The van der Waals surface area contributed by atoms with E-state index in [1.54, 1.807) is 4.90 Å². The van der Waals surface area contributed by atoms with Crippen LogP contribution in [0, 0.1) is 0 Å². The van der Waals surface area contributed by atoms with Crippen LogP contribution in [0.15, 0.2) is 16.6 Å². The van der Waals surface area contributed by atoms with Crippen LogP contribution in [0.3, 0.4) is 0 Å². The van der Waals surface area contributed by atoms with Gasteiger partial charge in [0.05, 0.1) is 25.8 Å². The molecule has 0 aromatic heterocycles. The molecule has 2 aliphatic heterocycles. The van der Waals surface area contributed by atoms with E-state index in [4.69, 9.17) is 14.2 Å². The van der Waals surface area contributed by atoms with E-state index in [1.807, 2.05) is 26.8 Å². The van der Waals surface area contributed by atoms with Crippen LogP contribution in [0.4, 0.5) is 4.79 Å². The number of hydrogen-bond acceptors (Lipinski definition) is 5. The maximum atomic E-state index is 12.8. The standard InChI is InChI=1S/C20H26BrNO5/c1-12(23)26-15-9-18(22(10-15)19(24)27-20(2,3)4)16-8-14(21)7-13-5-6-25-11-17(13)16/h7-8,15,18H,5-6,9-11H2,1-4H3. The van der Waals surface area contributed by atoms with Crippen molar-refractivity contribution < 1.29 is 23.8 Å². The van der Waals surface area contributed by atoms with Gasteiger partial charge in [-0.3, -0.25) is 9.69 Å². The molecule has 0 saturated carbocycles. The summed E-state index contributed by atoms with van der Waals surface area (Å²) in [7, 11) is 0. The topological polar surface area (TPSA) is 65.1 Å². The molecule has 0 bridgehead atoms. The summed E-state index contributed by atoms with van der Waals surface area (Å²) in [5, 5.41) is 0. The van der Waals surface area contributed by atoms with Crippen molar-refractivity contribution in [2.45, 2.75) is 64.9 Å². The van der Waals surface area contributed by atoms with Crippen molar-refractivity contribution in [1.82, 2.24) is 4.90 Å². The number of esters is 1. The molecule has 2 aliphatic rings. The van der Waals surface area contributed by atoms with Crippen LogP contribution in [-0.4, -0.2) is 41.8 Å². The molecule has 6 nitrogen and oxygen atoms in total. The summed E-state index contributed by atoms with van der Waals surface area (Å²) in [6.45, 7) is 8.45. The second-order valence-corrected chi connectivity index (χ2v) is 8.97. The highest BCUT2D eigenvalue weighted by Crippen LogP contribution is 2.39. The van der Waals surface area contributed by atoms with Gasteiger partial charge < -0.3 is 14.2 Å². The molecule has 148 valence electrons. The molecule has 3 rings (SSSR count). The number of benzene rings is 1. The Hall–Kier alpha value is -1.60. The van der Waals surface area contributed by atoms with Gasteiger partial charge >= 0.3 is 12.1 Å². The molecule has 1 saturated heterocycles. The van der Waals surface area contributed by atoms with E-state index in [9.17, 15) is 9.59 Å². The van der Waals surface area contributed by atoms with Gasteiger partial charge in [-0.1, -0.05) is 15.9 Å². The number of halogens is 1. The first-order chi connectivity index (χ1) is 12.6. The van der Waals surface area contributed by atoms with Crippen LogP contribution in [-0.2, 0) is 32.0 Å². The van der Waals surface area contributed by atoms with Gasteiger partial charge in [0.15, 0.2) is 0 Å². The maximum absolute atomic E-state index is 12.8. The van der Waals surface area contributed by atoms with Crippen LogP contribution in [0.5, 0.6) is 0 Å². The minimum atomic E-state index is -0.596. The minimum Gasteiger partial charge on any atom is -0.461 e. The van der Waals surface area contributed by atoms with Gasteiger partial charge in [-0.25, -0.2) is 4.79 Å². The molecule has 2 heterocycles. The Bertz CT molecular complexity index is 743. The SMILES string of the molecule is CC(=O)OC1CC(c2cc(Br)cc3c2COCC3)N(C(=O)OC(C)(C)C)C1. The summed E-state index contributed by atoms with van der Waals surface area (Å²) >= 11 is 3.59. The third-order valence-corrected chi connectivity index (χ3v) is 5.14. The summed E-state index contributed by atoms with van der Waals surface area (Å²) in [5.74, 6) is -0.343. The molecule has 0 N–H and O–H groups in total. The molecule has 1 aromatic carbocycles. The number of rotatable bonds is 2. The third-order valence-electron chi connectivity index (χ3n) is 4.69. The summed E-state index contributed by atoms with van der Waals surface area (Å²) < 4.78 is 17.7. The zero-order valence-electron chi connectivity index (χ0n) is 16.2. The molecule has 0 radical (unpaired) electrons. The number of fused-ring (bicyclic) bond motifs is 1. The van der Waals surface area contributed by atoms with Gasteiger partial charge in [-0.15, -0.1) is 0 Å². The van der Waals surface area contributed by atoms with Crippen molar-refractivity contribution in [2.75, 3.05) is 13.2 Å². The molecule has 1 fully saturated rings. The van der Waals surface area contributed by atoms with Crippen molar-refractivity contribution in [2.24, 2.45) is 0 Å². The summed E-state index contributed by atoms with van der Waals surface area (Å²) in [4.78, 5) is 26.0. The van der Waals surface area contributed by atoms with Gasteiger partial charge in [0.1, 0.15) is 11.7 Å². The molecule has 27 heavy (non-hydrogen) atoms. The first kappa shape index (κ1) is 20.1. The molecule has 2 atom stereocenters. The number of amides is 1. The number of carbonyl (C=O) groups is 2. The average Bonchev–Trinajstić information content (AvgIpc) is 2.95. The first-order valence-corrected chi connectivity index (χ1v) is 9.99. The highest BCUT2D eigenvalue weighted by Gasteiger charge is 2.41. The van der Waals surface area contributed by atoms with E-state index >= 15 is 0 Å². The van der Waals surface area contributed by atoms with Crippen LogP contribution < -0.4 is 0 Å². The lowest BCUT2D eigenvalue weighted by Gasteiger charge is -2.31. The van der Waals surface area contributed by atoms with Crippen molar-refractivity contribution >= 4 is 28.0 Å². The monoisotopic (exact) mass is 439 g/mol. The normalized spacial score (nSPS) is 22.3. The molecule has 1 aromatic rings. The van der Waals surface area contributed by atoms with E-state index in [2.05, 4.69) is 22.0 Å². The average molecular weight is 440 g/mol. The Morgan fingerprint density at radius 2 is 2.04 bits per heavy atom. The lowest BCUT2D eigenvalue weighted by atomic mass is 9.92. The number of likely N-dealkylation sites (tertiary alicyclic amines) is 1. The van der Waals surface area contributed by atoms with Crippen LogP contribution >= 0.6 is 15.9 Å². The Labute approximate surface area is 168 Å². The van der Waals surface area contributed by atoms with E-state index in [1.165, 1.54) is 12.5 Å². The maximum Gasteiger partial charge on any atom is 0.410 e. The van der Waals surface area contributed by atoms with E-state index in [0.717, 1.165) is 22.0 Å². The van der Waals surface area contributed by atoms with Gasteiger partial charge in [0.2, 0.25) is 0 Å². The molecule has 0 aliphatic carbocycles. The van der Waals surface area contributed by atoms with Crippen LogP contribution in [0.25, 0.3) is 0 Å². The first-order valence-electron chi connectivity index (χ1n) is 9.20. The van der Waals surface area contributed by atoms with Gasteiger partial charge in [-0.2, -0.15) is 0 Å². The largest absolute Gasteiger partial charge is 0.461 e. The smallest absolute Gasteiger partial charge is 0.410 e. The van der Waals surface area contributed by atoms with E-state index in [0.29, 0.717) is 26.2 Å². The quantitative estimate of drug-likeness (QED) is 0.647. The van der Waals surface area contributed by atoms with Gasteiger partial charge in [-0.05, 0) is 56.0 Å². The molecular formula is C20H26BrNO5. The number of carbonyl (C=O) groups excluding carboxylic acids is 2. The molecular weight excluding hydrogens is 414 g/mol. The summed E-state index contributed by atoms with van der Waals surface area (Å²) in [6.07, 6.45) is 0.641. The van der Waals surface area contributed by atoms with Gasteiger partial charge in [0, 0.05) is 17.8 Å². The zero-order chi connectivity index (χ0) is 19.8. The fourth-order valence-electron chi connectivity index (χ4n) is 3.70. The fourth-order valence-corrected chi connectivity index (χ4v) is 4.23. The van der Waals surface area contributed by atoms with Crippen molar-refractivity contribution in [3.63, 3.8) is 0 Å². The number of ether oxygens (including phenoxy) is 3. The Morgan fingerprint density at radius 1 is 1.30 bits per heavy atom. The second kappa shape index (κ2) is 7.80. The predicted molar refractivity (Wildman–Crippen MR) is 103 cm³/mol. The third kappa shape index (κ3) is 4.82. The number of nitrogens with zero attached hydrogens (tertiary/aromatic N) is 1. The zero-order valence-corrected chi connectivity index (χ0v) is 17.8.